The van der Waals surface area contributed by atoms with Crippen molar-refractivity contribution < 1.29 is 9.47 Å². The highest BCUT2D eigenvalue weighted by Crippen LogP contribution is 2.27. The molecule has 1 N–H and O–H groups in total. The lowest BCUT2D eigenvalue weighted by atomic mass is 10.2. The molecule has 1 heterocycles. The van der Waals surface area contributed by atoms with Gasteiger partial charge in [0.05, 0.1) is 6.61 Å². The fraction of sp³-hybridized carbons (Fsp3) is 0.353. The number of nitrogens with zero attached hydrogens (tertiary/aromatic N) is 1. The highest BCUT2D eigenvalue weighted by molar-refractivity contribution is 5.44. The van der Waals surface area contributed by atoms with Gasteiger partial charge in [-0.1, -0.05) is 25.1 Å². The van der Waals surface area contributed by atoms with Gasteiger partial charge in [0.1, 0.15) is 12.4 Å². The molecule has 0 aliphatic carbocycles. The van der Waals surface area contributed by atoms with Crippen LogP contribution in [0.25, 0.3) is 0 Å². The normalized spacial score (nSPS) is 10.2. The van der Waals surface area contributed by atoms with Gasteiger partial charge in [-0.05, 0) is 31.5 Å². The van der Waals surface area contributed by atoms with Gasteiger partial charge in [0.15, 0.2) is 11.5 Å². The standard InChI is InChI=1S/C17H22N2O2/c1-3-11-18-17-14(8-7-12-19-17)13-21-16-10-6-5-9-15(16)20-4-2/h5-10,12H,3-4,11,13H2,1-2H3,(H,18,19). The minimum Gasteiger partial charge on any atom is -0.490 e. The molecule has 1 aromatic heterocycles. The molecule has 0 saturated carbocycles. The molecule has 0 amide bonds. The molecular formula is C17H22N2O2. The summed E-state index contributed by atoms with van der Waals surface area (Å²) in [5.41, 5.74) is 1.04. The van der Waals surface area contributed by atoms with Gasteiger partial charge in [-0.2, -0.15) is 0 Å². The van der Waals surface area contributed by atoms with Crippen LogP contribution >= 0.6 is 0 Å². The van der Waals surface area contributed by atoms with Crippen LogP contribution in [0.3, 0.4) is 0 Å². The second kappa shape index (κ2) is 8.15. The van der Waals surface area contributed by atoms with Crippen molar-refractivity contribution in [1.29, 1.82) is 0 Å². The van der Waals surface area contributed by atoms with Crippen molar-refractivity contribution in [3.63, 3.8) is 0 Å². The third-order valence-corrected chi connectivity index (χ3v) is 2.97. The maximum atomic E-state index is 5.89. The van der Waals surface area contributed by atoms with E-state index >= 15 is 0 Å². The lowest BCUT2D eigenvalue weighted by Gasteiger charge is -2.13. The Morgan fingerprint density at radius 3 is 2.48 bits per heavy atom. The monoisotopic (exact) mass is 286 g/mol. The Balaban J connectivity index is 2.06. The van der Waals surface area contributed by atoms with Gasteiger partial charge in [-0.15, -0.1) is 0 Å². The van der Waals surface area contributed by atoms with Crippen LogP contribution in [0.1, 0.15) is 25.8 Å². The molecule has 0 atom stereocenters. The number of para-hydroxylation sites is 2. The number of hydrogen-bond donors (Lipinski definition) is 1. The molecule has 1 aromatic carbocycles. The van der Waals surface area contributed by atoms with Crippen LogP contribution in [0.4, 0.5) is 5.82 Å². The number of aromatic nitrogens is 1. The summed E-state index contributed by atoms with van der Waals surface area (Å²) in [6.07, 6.45) is 2.85. The lowest BCUT2D eigenvalue weighted by Crippen LogP contribution is -2.07. The SMILES string of the molecule is CCCNc1ncccc1COc1ccccc1OCC. The first-order valence-corrected chi connectivity index (χ1v) is 7.37. The van der Waals surface area contributed by atoms with Crippen molar-refractivity contribution in [3.8, 4) is 11.5 Å². The van der Waals surface area contributed by atoms with Crippen molar-refractivity contribution in [3.05, 3.63) is 48.2 Å². The number of hydrogen-bond acceptors (Lipinski definition) is 4. The van der Waals surface area contributed by atoms with E-state index in [0.717, 1.165) is 35.8 Å². The second-order valence-electron chi connectivity index (χ2n) is 4.61. The topological polar surface area (TPSA) is 43.4 Å². The molecule has 0 saturated heterocycles. The number of benzene rings is 1. The van der Waals surface area contributed by atoms with E-state index in [4.69, 9.17) is 9.47 Å². The Labute approximate surface area is 126 Å². The first kappa shape index (κ1) is 15.2. The van der Waals surface area contributed by atoms with Gasteiger partial charge in [-0.3, -0.25) is 0 Å². The van der Waals surface area contributed by atoms with Crippen molar-refractivity contribution in [2.24, 2.45) is 0 Å². The smallest absolute Gasteiger partial charge is 0.161 e. The number of ether oxygens (including phenoxy) is 2. The summed E-state index contributed by atoms with van der Waals surface area (Å²) in [4.78, 5) is 4.36. The van der Waals surface area contributed by atoms with Gasteiger partial charge in [0, 0.05) is 18.3 Å². The Bertz CT molecular complexity index is 558. The van der Waals surface area contributed by atoms with Crippen LogP contribution < -0.4 is 14.8 Å². The molecule has 2 aromatic rings. The second-order valence-corrected chi connectivity index (χ2v) is 4.61. The number of pyridine rings is 1. The van der Waals surface area contributed by atoms with Crippen molar-refractivity contribution in [1.82, 2.24) is 4.98 Å². The first-order chi connectivity index (χ1) is 10.3. The van der Waals surface area contributed by atoms with E-state index < -0.39 is 0 Å². The quantitative estimate of drug-likeness (QED) is 0.799. The van der Waals surface area contributed by atoms with E-state index in [2.05, 4.69) is 17.2 Å². The lowest BCUT2D eigenvalue weighted by molar-refractivity contribution is 0.269. The Hall–Kier alpha value is -2.23. The molecule has 21 heavy (non-hydrogen) atoms. The van der Waals surface area contributed by atoms with Gasteiger partial charge < -0.3 is 14.8 Å². The molecule has 0 spiro atoms. The zero-order valence-corrected chi connectivity index (χ0v) is 12.6. The maximum absolute atomic E-state index is 5.89. The molecule has 0 unspecified atom stereocenters. The van der Waals surface area contributed by atoms with E-state index in [0.29, 0.717) is 13.2 Å². The Morgan fingerprint density at radius 1 is 1.00 bits per heavy atom. The first-order valence-electron chi connectivity index (χ1n) is 7.37. The molecule has 0 fully saturated rings. The van der Waals surface area contributed by atoms with Gasteiger partial charge in [0.2, 0.25) is 0 Å². The zero-order valence-electron chi connectivity index (χ0n) is 12.6. The predicted molar refractivity (Wildman–Crippen MR) is 85.0 cm³/mol. The molecule has 0 bridgehead atoms. The fourth-order valence-electron chi connectivity index (χ4n) is 1.96. The number of anilines is 1. The summed E-state index contributed by atoms with van der Waals surface area (Å²) in [5, 5.41) is 3.32. The summed E-state index contributed by atoms with van der Waals surface area (Å²) < 4.78 is 11.5. The van der Waals surface area contributed by atoms with E-state index in [1.165, 1.54) is 0 Å². The Morgan fingerprint density at radius 2 is 1.76 bits per heavy atom. The van der Waals surface area contributed by atoms with Crippen LogP contribution in [-0.2, 0) is 6.61 Å². The summed E-state index contributed by atoms with van der Waals surface area (Å²) in [6.45, 7) is 6.08. The molecule has 0 radical (unpaired) electrons. The summed E-state index contributed by atoms with van der Waals surface area (Å²) in [7, 11) is 0. The molecule has 0 aliphatic heterocycles. The van der Waals surface area contributed by atoms with Crippen molar-refractivity contribution >= 4 is 5.82 Å². The third-order valence-electron chi connectivity index (χ3n) is 2.97. The van der Waals surface area contributed by atoms with Crippen LogP contribution in [0.15, 0.2) is 42.6 Å². The minimum atomic E-state index is 0.462. The van der Waals surface area contributed by atoms with E-state index in [9.17, 15) is 0 Å². The van der Waals surface area contributed by atoms with Gasteiger partial charge in [0.25, 0.3) is 0 Å². The zero-order chi connectivity index (χ0) is 14.9. The maximum Gasteiger partial charge on any atom is 0.161 e. The van der Waals surface area contributed by atoms with Crippen molar-refractivity contribution in [2.45, 2.75) is 26.9 Å². The minimum absolute atomic E-state index is 0.462. The third kappa shape index (κ3) is 4.38. The van der Waals surface area contributed by atoms with Crippen LogP contribution in [0.2, 0.25) is 0 Å². The summed E-state index contributed by atoms with van der Waals surface area (Å²) in [5.74, 6) is 2.41. The van der Waals surface area contributed by atoms with Gasteiger partial charge in [-0.25, -0.2) is 4.98 Å². The number of nitrogens with one attached hydrogen (secondary N) is 1. The Kier molecular flexibility index (Phi) is 5.88. The molecule has 4 heteroatoms. The largest absolute Gasteiger partial charge is 0.490 e. The van der Waals surface area contributed by atoms with Gasteiger partial charge >= 0.3 is 0 Å². The molecular weight excluding hydrogens is 264 g/mol. The van der Waals surface area contributed by atoms with Crippen LogP contribution in [-0.4, -0.2) is 18.1 Å². The van der Waals surface area contributed by atoms with Crippen molar-refractivity contribution in [2.75, 3.05) is 18.5 Å². The molecule has 2 rings (SSSR count). The van der Waals surface area contributed by atoms with E-state index in [1.807, 2.05) is 43.3 Å². The van der Waals surface area contributed by atoms with Crippen LogP contribution in [0, 0.1) is 0 Å². The fourth-order valence-corrected chi connectivity index (χ4v) is 1.96. The van der Waals surface area contributed by atoms with E-state index in [-0.39, 0.29) is 0 Å². The van der Waals surface area contributed by atoms with E-state index in [1.54, 1.807) is 6.20 Å². The molecule has 4 nitrogen and oxygen atoms in total. The molecule has 0 aliphatic rings. The van der Waals surface area contributed by atoms with Crippen LogP contribution in [0.5, 0.6) is 11.5 Å². The predicted octanol–water partition coefficient (Wildman–Crippen LogP) is 3.88. The molecule has 112 valence electrons. The summed E-state index contributed by atoms with van der Waals surface area (Å²) >= 11 is 0. The number of rotatable bonds is 8. The highest BCUT2D eigenvalue weighted by Gasteiger charge is 2.07. The highest BCUT2D eigenvalue weighted by atomic mass is 16.5. The summed E-state index contributed by atoms with van der Waals surface area (Å²) in [6, 6.07) is 11.7. The average Bonchev–Trinajstić information content (AvgIpc) is 2.53. The average molecular weight is 286 g/mol.